The minimum atomic E-state index is -4.57. The van der Waals surface area contributed by atoms with Crippen LogP contribution in [0.4, 0.5) is 0 Å². The van der Waals surface area contributed by atoms with Crippen molar-refractivity contribution in [3.63, 3.8) is 0 Å². The van der Waals surface area contributed by atoms with Crippen molar-refractivity contribution in [2.45, 2.75) is 11.7 Å². The summed E-state index contributed by atoms with van der Waals surface area (Å²) >= 11 is 0. The molecule has 0 aliphatic heterocycles. The van der Waals surface area contributed by atoms with Gasteiger partial charge in [-0.3, -0.25) is 9.35 Å². The fourth-order valence-electron chi connectivity index (χ4n) is 1.89. The number of hydrogen-bond donors (Lipinski definition) is 2. The van der Waals surface area contributed by atoms with Crippen molar-refractivity contribution in [2.24, 2.45) is 5.16 Å². The van der Waals surface area contributed by atoms with Crippen LogP contribution in [0.15, 0.2) is 29.4 Å². The minimum absolute atomic E-state index is 0.0531. The van der Waals surface area contributed by atoms with Crippen molar-refractivity contribution >= 4 is 21.6 Å². The van der Waals surface area contributed by atoms with Gasteiger partial charge in [0.1, 0.15) is 5.71 Å². The lowest BCUT2D eigenvalue weighted by Crippen LogP contribution is -2.34. The van der Waals surface area contributed by atoms with Crippen molar-refractivity contribution in [1.29, 1.82) is 0 Å². The van der Waals surface area contributed by atoms with Crippen LogP contribution in [-0.4, -0.2) is 29.7 Å². The van der Waals surface area contributed by atoms with Gasteiger partial charge >= 0.3 is 0 Å². The molecule has 7 heteroatoms. The van der Waals surface area contributed by atoms with Crippen LogP contribution in [0, 0.1) is 0 Å². The molecule has 1 unspecified atom stereocenters. The summed E-state index contributed by atoms with van der Waals surface area (Å²) in [6.45, 7) is 0. The standard InChI is InChI=1S/C10H9NO5S/c12-9-8(11-13)5-6-3-1-2-4-7(6)10(9)17(14,15)16/h1-4,10,13H,5H2,(H,14,15,16). The molecule has 1 aliphatic carbocycles. The zero-order valence-corrected chi connectivity index (χ0v) is 9.38. The van der Waals surface area contributed by atoms with Gasteiger partial charge in [-0.25, -0.2) is 0 Å². The number of Topliss-reactive ketones (excluding diaryl/α,β-unsaturated/α-hetero) is 1. The molecular formula is C10H9NO5S. The minimum Gasteiger partial charge on any atom is -0.411 e. The second-order valence-electron chi connectivity index (χ2n) is 3.68. The van der Waals surface area contributed by atoms with Crippen LogP contribution < -0.4 is 0 Å². The number of ketones is 1. The van der Waals surface area contributed by atoms with E-state index in [1.807, 2.05) is 0 Å². The monoisotopic (exact) mass is 255 g/mol. The SMILES string of the molecule is O=C1C(=NO)Cc2ccccc2C1S(=O)(=O)O. The van der Waals surface area contributed by atoms with E-state index in [0.717, 1.165) is 0 Å². The van der Waals surface area contributed by atoms with Crippen LogP contribution in [-0.2, 0) is 21.3 Å². The van der Waals surface area contributed by atoms with Crippen LogP contribution in [0.1, 0.15) is 16.4 Å². The molecule has 0 aromatic heterocycles. The predicted octanol–water partition coefficient (Wildman–Crippen LogP) is 0.571. The Bertz CT molecular complexity index is 605. The maximum Gasteiger partial charge on any atom is 0.279 e. The summed E-state index contributed by atoms with van der Waals surface area (Å²) in [5.41, 5.74) is 0.501. The maximum absolute atomic E-state index is 11.7. The van der Waals surface area contributed by atoms with Gasteiger partial charge in [-0.2, -0.15) is 8.42 Å². The molecule has 1 aromatic rings. The van der Waals surface area contributed by atoms with Crippen molar-refractivity contribution in [3.05, 3.63) is 35.4 Å². The van der Waals surface area contributed by atoms with Crippen molar-refractivity contribution in [1.82, 2.24) is 0 Å². The molecule has 90 valence electrons. The zero-order valence-electron chi connectivity index (χ0n) is 8.57. The lowest BCUT2D eigenvalue weighted by molar-refractivity contribution is -0.113. The molecule has 6 nitrogen and oxygen atoms in total. The van der Waals surface area contributed by atoms with Crippen LogP contribution in [0.3, 0.4) is 0 Å². The molecule has 0 radical (unpaired) electrons. The molecule has 1 aromatic carbocycles. The first kappa shape index (κ1) is 11.7. The molecule has 0 heterocycles. The van der Waals surface area contributed by atoms with E-state index < -0.39 is 21.2 Å². The molecule has 0 saturated carbocycles. The largest absolute Gasteiger partial charge is 0.411 e. The average molecular weight is 255 g/mol. The third-order valence-corrected chi connectivity index (χ3v) is 3.70. The summed E-state index contributed by atoms with van der Waals surface area (Å²) in [6.07, 6.45) is 0.0531. The van der Waals surface area contributed by atoms with Gasteiger partial charge in [-0.15, -0.1) is 0 Å². The van der Waals surface area contributed by atoms with Crippen LogP contribution in [0.2, 0.25) is 0 Å². The first-order valence-electron chi connectivity index (χ1n) is 4.74. The number of carbonyl (C=O) groups excluding carboxylic acids is 1. The first-order chi connectivity index (χ1) is 7.95. The highest BCUT2D eigenvalue weighted by atomic mass is 32.2. The first-order valence-corrected chi connectivity index (χ1v) is 6.24. The van der Waals surface area contributed by atoms with E-state index in [0.29, 0.717) is 5.56 Å². The fourth-order valence-corrected chi connectivity index (χ4v) is 2.85. The Morgan fingerprint density at radius 3 is 2.53 bits per heavy atom. The van der Waals surface area contributed by atoms with Crippen LogP contribution in [0.25, 0.3) is 0 Å². The summed E-state index contributed by atoms with van der Waals surface area (Å²) in [5.74, 6) is -0.895. The van der Waals surface area contributed by atoms with E-state index in [9.17, 15) is 13.2 Å². The lowest BCUT2D eigenvalue weighted by atomic mass is 9.89. The second-order valence-corrected chi connectivity index (χ2v) is 5.18. The number of fused-ring (bicyclic) bond motifs is 1. The summed E-state index contributed by atoms with van der Waals surface area (Å²) in [5, 5.41) is 9.75. The van der Waals surface area contributed by atoms with E-state index >= 15 is 0 Å². The molecule has 0 spiro atoms. The third-order valence-electron chi connectivity index (χ3n) is 2.64. The summed E-state index contributed by atoms with van der Waals surface area (Å²) in [7, 11) is -4.57. The van der Waals surface area contributed by atoms with E-state index in [1.54, 1.807) is 18.2 Å². The van der Waals surface area contributed by atoms with Gasteiger partial charge in [-0.1, -0.05) is 29.4 Å². The maximum atomic E-state index is 11.7. The molecule has 0 bridgehead atoms. The Hall–Kier alpha value is -1.73. The fraction of sp³-hybridized carbons (Fsp3) is 0.200. The van der Waals surface area contributed by atoms with E-state index in [2.05, 4.69) is 5.16 Å². The highest BCUT2D eigenvalue weighted by molar-refractivity contribution is 7.87. The highest BCUT2D eigenvalue weighted by Gasteiger charge is 2.40. The molecule has 2 rings (SSSR count). The molecule has 17 heavy (non-hydrogen) atoms. The molecule has 0 amide bonds. The van der Waals surface area contributed by atoms with Crippen LogP contribution >= 0.6 is 0 Å². The Labute approximate surface area is 97.3 Å². The average Bonchev–Trinajstić information content (AvgIpc) is 2.26. The Morgan fingerprint density at radius 1 is 1.29 bits per heavy atom. The third kappa shape index (κ3) is 1.94. The molecule has 2 N–H and O–H groups in total. The lowest BCUT2D eigenvalue weighted by Gasteiger charge is -2.22. The topological polar surface area (TPSA) is 104 Å². The Morgan fingerprint density at radius 2 is 1.94 bits per heavy atom. The van der Waals surface area contributed by atoms with Crippen molar-refractivity contribution in [3.8, 4) is 0 Å². The summed E-state index contributed by atoms with van der Waals surface area (Å²) in [6, 6.07) is 6.32. The van der Waals surface area contributed by atoms with Gasteiger partial charge in [0.25, 0.3) is 10.1 Å². The normalized spacial score (nSPS) is 22.5. The zero-order chi connectivity index (χ0) is 12.6. The second kappa shape index (κ2) is 3.94. The van der Waals surface area contributed by atoms with Gasteiger partial charge in [0.2, 0.25) is 5.78 Å². The predicted molar refractivity (Wildman–Crippen MR) is 58.7 cm³/mol. The number of carbonyl (C=O) groups is 1. The molecule has 1 aliphatic rings. The smallest absolute Gasteiger partial charge is 0.279 e. The van der Waals surface area contributed by atoms with E-state index in [-0.39, 0.29) is 17.7 Å². The molecule has 0 fully saturated rings. The van der Waals surface area contributed by atoms with Gasteiger partial charge in [-0.05, 0) is 11.1 Å². The number of oxime groups is 1. The molecule has 1 atom stereocenters. The van der Waals surface area contributed by atoms with Crippen LogP contribution in [0.5, 0.6) is 0 Å². The van der Waals surface area contributed by atoms with Crippen molar-refractivity contribution in [2.75, 3.05) is 0 Å². The molecular weight excluding hydrogens is 246 g/mol. The van der Waals surface area contributed by atoms with Gasteiger partial charge in [0.05, 0.1) is 0 Å². The van der Waals surface area contributed by atoms with Gasteiger partial charge in [0, 0.05) is 6.42 Å². The van der Waals surface area contributed by atoms with Gasteiger partial charge < -0.3 is 5.21 Å². The number of benzene rings is 1. The number of hydrogen-bond acceptors (Lipinski definition) is 5. The van der Waals surface area contributed by atoms with E-state index in [1.165, 1.54) is 6.07 Å². The summed E-state index contributed by atoms with van der Waals surface area (Å²) in [4.78, 5) is 11.7. The molecule has 0 saturated heterocycles. The number of rotatable bonds is 1. The Balaban J connectivity index is 2.69. The summed E-state index contributed by atoms with van der Waals surface area (Å²) < 4.78 is 31.5. The van der Waals surface area contributed by atoms with Crippen molar-refractivity contribution < 1.29 is 23.0 Å². The highest BCUT2D eigenvalue weighted by Crippen LogP contribution is 2.31. The number of nitrogens with zero attached hydrogens (tertiary/aromatic N) is 1. The Kier molecular flexibility index (Phi) is 2.72. The quantitative estimate of drug-likeness (QED) is 0.433. The van der Waals surface area contributed by atoms with Gasteiger partial charge in [0.15, 0.2) is 5.25 Å². The van der Waals surface area contributed by atoms with E-state index in [4.69, 9.17) is 9.76 Å².